The number of hydrogen-bond donors (Lipinski definition) is 3. The molecule has 0 aliphatic rings. The molecule has 0 spiro atoms. The molecule has 0 radical (unpaired) electrons. The zero-order valence-electron chi connectivity index (χ0n) is 14.2. The van der Waals surface area contributed by atoms with E-state index in [0.29, 0.717) is 12.4 Å². The zero-order chi connectivity index (χ0) is 18.2. The molecular weight excluding hydrogens is 332 g/mol. The van der Waals surface area contributed by atoms with E-state index in [4.69, 9.17) is 9.84 Å². The number of rotatable bonds is 8. The van der Waals surface area contributed by atoms with Gasteiger partial charge in [0.05, 0.1) is 30.6 Å². The molecule has 0 aliphatic heterocycles. The molecule has 0 saturated carbocycles. The maximum atomic E-state index is 11.7. The van der Waals surface area contributed by atoms with Gasteiger partial charge >= 0.3 is 0 Å². The minimum absolute atomic E-state index is 0.0627. The molecule has 0 fully saturated rings. The van der Waals surface area contributed by atoms with Gasteiger partial charge in [-0.05, 0) is 29.3 Å². The second-order valence-corrected chi connectivity index (χ2v) is 5.71. The molecule has 134 valence electrons. The van der Waals surface area contributed by atoms with Gasteiger partial charge in [0.15, 0.2) is 0 Å². The van der Waals surface area contributed by atoms with Gasteiger partial charge in [0, 0.05) is 12.7 Å². The highest BCUT2D eigenvalue weighted by molar-refractivity contribution is 5.78. The van der Waals surface area contributed by atoms with Gasteiger partial charge in [-0.3, -0.25) is 14.9 Å². The van der Waals surface area contributed by atoms with Crippen molar-refractivity contribution in [3.63, 3.8) is 0 Å². The molecule has 0 saturated heterocycles. The number of aliphatic hydroxyl groups excluding tert-OH is 1. The van der Waals surface area contributed by atoms with Crippen molar-refractivity contribution in [3.05, 3.63) is 66.0 Å². The van der Waals surface area contributed by atoms with Crippen LogP contribution >= 0.6 is 0 Å². The van der Waals surface area contributed by atoms with Gasteiger partial charge < -0.3 is 15.2 Å². The van der Waals surface area contributed by atoms with Crippen molar-refractivity contribution in [2.24, 2.45) is 0 Å². The summed E-state index contributed by atoms with van der Waals surface area (Å²) in [6, 6.07) is 13.2. The fraction of sp³-hybridized carbons (Fsp3) is 0.211. The molecule has 26 heavy (non-hydrogen) atoms. The van der Waals surface area contributed by atoms with Crippen LogP contribution in [0.15, 0.2) is 54.9 Å². The molecule has 0 unspecified atom stereocenters. The van der Waals surface area contributed by atoms with E-state index in [1.54, 1.807) is 12.4 Å². The SMILES string of the molecule is O=C(Cc1cccc(COc2ccc(-c3ccn[nH]3)nc2)c1)NCCO. The smallest absolute Gasteiger partial charge is 0.224 e. The fourth-order valence-electron chi connectivity index (χ4n) is 2.46. The van der Waals surface area contributed by atoms with E-state index in [-0.39, 0.29) is 25.5 Å². The Kier molecular flexibility index (Phi) is 5.95. The number of carbonyl (C=O) groups excluding carboxylic acids is 1. The van der Waals surface area contributed by atoms with Crippen LogP contribution in [-0.2, 0) is 17.8 Å². The Hall–Kier alpha value is -3.19. The van der Waals surface area contributed by atoms with Crippen LogP contribution in [0.4, 0.5) is 0 Å². The van der Waals surface area contributed by atoms with Crippen LogP contribution in [-0.4, -0.2) is 39.3 Å². The molecule has 1 amide bonds. The van der Waals surface area contributed by atoms with Gasteiger partial charge in [-0.1, -0.05) is 24.3 Å². The van der Waals surface area contributed by atoms with Crippen LogP contribution < -0.4 is 10.1 Å². The lowest BCUT2D eigenvalue weighted by molar-refractivity contribution is -0.120. The molecule has 3 N–H and O–H groups in total. The van der Waals surface area contributed by atoms with Crippen LogP contribution in [0, 0.1) is 0 Å². The van der Waals surface area contributed by atoms with E-state index < -0.39 is 0 Å². The van der Waals surface area contributed by atoms with Gasteiger partial charge in [-0.25, -0.2) is 0 Å². The maximum absolute atomic E-state index is 11.7. The summed E-state index contributed by atoms with van der Waals surface area (Å²) in [4.78, 5) is 16.1. The average Bonchev–Trinajstić information content (AvgIpc) is 3.20. The first-order valence-electron chi connectivity index (χ1n) is 8.28. The van der Waals surface area contributed by atoms with Crippen molar-refractivity contribution >= 4 is 5.91 Å². The summed E-state index contributed by atoms with van der Waals surface area (Å²) in [6.45, 7) is 0.590. The highest BCUT2D eigenvalue weighted by Gasteiger charge is 2.05. The number of aliphatic hydroxyl groups is 1. The third-order valence-corrected chi connectivity index (χ3v) is 3.71. The molecule has 7 nitrogen and oxygen atoms in total. The Morgan fingerprint density at radius 3 is 2.81 bits per heavy atom. The van der Waals surface area contributed by atoms with Crippen LogP contribution in [0.5, 0.6) is 5.75 Å². The van der Waals surface area contributed by atoms with E-state index in [0.717, 1.165) is 22.5 Å². The van der Waals surface area contributed by atoms with E-state index in [9.17, 15) is 4.79 Å². The Morgan fingerprint density at radius 1 is 1.19 bits per heavy atom. The minimum Gasteiger partial charge on any atom is -0.487 e. The molecular formula is C19H20N4O3. The molecule has 7 heteroatoms. The van der Waals surface area contributed by atoms with Gasteiger partial charge in [-0.2, -0.15) is 5.10 Å². The van der Waals surface area contributed by atoms with Crippen LogP contribution in [0.1, 0.15) is 11.1 Å². The normalized spacial score (nSPS) is 10.5. The van der Waals surface area contributed by atoms with Crippen LogP contribution in [0.25, 0.3) is 11.4 Å². The second-order valence-electron chi connectivity index (χ2n) is 5.71. The fourth-order valence-corrected chi connectivity index (χ4v) is 2.46. The van der Waals surface area contributed by atoms with Crippen molar-refractivity contribution < 1.29 is 14.6 Å². The molecule has 3 aromatic rings. The molecule has 2 heterocycles. The first kappa shape index (κ1) is 17.6. The predicted octanol–water partition coefficient (Wildman–Crippen LogP) is 1.70. The van der Waals surface area contributed by atoms with Crippen molar-refractivity contribution in [1.82, 2.24) is 20.5 Å². The predicted molar refractivity (Wildman–Crippen MR) is 96.4 cm³/mol. The minimum atomic E-state index is -0.115. The van der Waals surface area contributed by atoms with E-state index in [1.165, 1.54) is 0 Å². The number of amides is 1. The number of aromatic amines is 1. The van der Waals surface area contributed by atoms with Gasteiger partial charge in [-0.15, -0.1) is 0 Å². The van der Waals surface area contributed by atoms with Gasteiger partial charge in [0.2, 0.25) is 5.91 Å². The number of ether oxygens (including phenoxy) is 1. The van der Waals surface area contributed by atoms with Gasteiger partial charge in [0.1, 0.15) is 12.4 Å². The number of carbonyl (C=O) groups is 1. The number of nitrogens with zero attached hydrogens (tertiary/aromatic N) is 2. The number of nitrogens with one attached hydrogen (secondary N) is 2. The number of H-pyrrole nitrogens is 1. The summed E-state index contributed by atoms with van der Waals surface area (Å²) in [6.07, 6.45) is 3.62. The zero-order valence-corrected chi connectivity index (χ0v) is 14.2. The van der Waals surface area contributed by atoms with E-state index in [1.807, 2.05) is 42.5 Å². The number of hydrogen-bond acceptors (Lipinski definition) is 5. The maximum Gasteiger partial charge on any atom is 0.224 e. The summed E-state index contributed by atoms with van der Waals surface area (Å²) in [5, 5.41) is 18.1. The third-order valence-electron chi connectivity index (χ3n) is 3.71. The third kappa shape index (κ3) is 4.90. The molecule has 1 aromatic carbocycles. The number of pyridine rings is 1. The molecule has 0 aliphatic carbocycles. The highest BCUT2D eigenvalue weighted by atomic mass is 16.5. The first-order chi connectivity index (χ1) is 12.7. The summed E-state index contributed by atoms with van der Waals surface area (Å²) >= 11 is 0. The van der Waals surface area contributed by atoms with E-state index >= 15 is 0 Å². The summed E-state index contributed by atoms with van der Waals surface area (Å²) < 4.78 is 5.77. The lowest BCUT2D eigenvalue weighted by atomic mass is 10.1. The summed E-state index contributed by atoms with van der Waals surface area (Å²) in [5.41, 5.74) is 3.51. The average molecular weight is 352 g/mol. The van der Waals surface area contributed by atoms with Crippen molar-refractivity contribution in [2.75, 3.05) is 13.2 Å². The Morgan fingerprint density at radius 2 is 2.08 bits per heavy atom. The largest absolute Gasteiger partial charge is 0.487 e. The number of aromatic nitrogens is 3. The van der Waals surface area contributed by atoms with Crippen molar-refractivity contribution in [2.45, 2.75) is 13.0 Å². The van der Waals surface area contributed by atoms with E-state index in [2.05, 4.69) is 20.5 Å². The Labute approximate surface area is 151 Å². The summed E-state index contributed by atoms with van der Waals surface area (Å²) in [5.74, 6) is 0.551. The molecule has 2 aromatic heterocycles. The lowest BCUT2D eigenvalue weighted by Crippen LogP contribution is -2.27. The van der Waals surface area contributed by atoms with Gasteiger partial charge in [0.25, 0.3) is 0 Å². The first-order valence-corrected chi connectivity index (χ1v) is 8.28. The van der Waals surface area contributed by atoms with Crippen molar-refractivity contribution in [1.29, 1.82) is 0 Å². The monoisotopic (exact) mass is 352 g/mol. The van der Waals surface area contributed by atoms with Crippen LogP contribution in [0.2, 0.25) is 0 Å². The topological polar surface area (TPSA) is 100 Å². The molecule has 3 rings (SSSR count). The van der Waals surface area contributed by atoms with Crippen molar-refractivity contribution in [3.8, 4) is 17.1 Å². The number of benzene rings is 1. The Balaban J connectivity index is 1.56. The standard InChI is InChI=1S/C19H20N4O3/c24-9-8-20-19(25)11-14-2-1-3-15(10-14)13-26-16-4-5-17(21-12-16)18-6-7-22-23-18/h1-7,10,12,24H,8-9,11,13H2,(H,20,25)(H,22,23). The lowest BCUT2D eigenvalue weighted by Gasteiger charge is -2.08. The summed E-state index contributed by atoms with van der Waals surface area (Å²) in [7, 11) is 0. The molecule has 0 atom stereocenters. The molecule has 0 bridgehead atoms. The Bertz CT molecular complexity index is 832. The van der Waals surface area contributed by atoms with Crippen LogP contribution in [0.3, 0.4) is 0 Å². The quantitative estimate of drug-likeness (QED) is 0.573. The second kappa shape index (κ2) is 8.77. The highest BCUT2D eigenvalue weighted by Crippen LogP contribution is 2.18.